The number of fused-ring (bicyclic) bond motifs is 1. The molecule has 2 aromatic rings. The number of rotatable bonds is 0. The second-order valence-electron chi connectivity index (χ2n) is 2.69. The Balaban J connectivity index is 2.86. The lowest BCUT2D eigenvalue weighted by atomic mass is 10.2. The van der Waals surface area contributed by atoms with Crippen LogP contribution < -0.4 is 0 Å². The Morgan fingerprint density at radius 3 is 3.00 bits per heavy atom. The fourth-order valence-electron chi connectivity index (χ4n) is 1.14. The highest BCUT2D eigenvalue weighted by atomic mass is 35.5. The summed E-state index contributed by atoms with van der Waals surface area (Å²) in [5, 5.41) is 1.50. The molecule has 2 rings (SSSR count). The summed E-state index contributed by atoms with van der Waals surface area (Å²) < 4.78 is 0. The highest BCUT2D eigenvalue weighted by Crippen LogP contribution is 2.18. The zero-order valence-corrected chi connectivity index (χ0v) is 7.34. The first-order chi connectivity index (χ1) is 5.77. The van der Waals surface area contributed by atoms with Gasteiger partial charge in [0.2, 0.25) is 0 Å². The second kappa shape index (κ2) is 2.72. The van der Waals surface area contributed by atoms with E-state index in [1.807, 2.05) is 19.1 Å². The number of pyridine rings is 2. The summed E-state index contributed by atoms with van der Waals surface area (Å²) in [6.07, 6.45) is 3.47. The van der Waals surface area contributed by atoms with Gasteiger partial charge in [0.25, 0.3) is 0 Å². The second-order valence-corrected chi connectivity index (χ2v) is 3.04. The van der Waals surface area contributed by atoms with E-state index in [4.69, 9.17) is 11.6 Å². The van der Waals surface area contributed by atoms with Crippen molar-refractivity contribution in [1.82, 2.24) is 9.97 Å². The molecule has 0 fully saturated rings. The molecule has 3 heteroatoms. The van der Waals surface area contributed by atoms with E-state index in [1.54, 1.807) is 12.4 Å². The molecule has 0 radical (unpaired) electrons. The van der Waals surface area contributed by atoms with Crippen molar-refractivity contribution in [3.8, 4) is 0 Å². The number of hydrogen-bond acceptors (Lipinski definition) is 2. The van der Waals surface area contributed by atoms with Crippen LogP contribution in [-0.2, 0) is 0 Å². The summed E-state index contributed by atoms with van der Waals surface area (Å²) in [5.41, 5.74) is 1.90. The molecule has 2 aromatic heterocycles. The van der Waals surface area contributed by atoms with Crippen molar-refractivity contribution in [3.05, 3.63) is 35.2 Å². The highest BCUT2D eigenvalue weighted by molar-refractivity contribution is 6.33. The predicted octanol–water partition coefficient (Wildman–Crippen LogP) is 2.59. The lowest BCUT2D eigenvalue weighted by Gasteiger charge is -1.98. The van der Waals surface area contributed by atoms with Gasteiger partial charge in [0, 0.05) is 17.8 Å². The van der Waals surface area contributed by atoms with E-state index in [-0.39, 0.29) is 0 Å². The number of aromatic nitrogens is 2. The minimum absolute atomic E-state index is 0.465. The van der Waals surface area contributed by atoms with Crippen molar-refractivity contribution >= 4 is 22.5 Å². The molecule has 0 aromatic carbocycles. The molecule has 0 bridgehead atoms. The van der Waals surface area contributed by atoms with Crippen LogP contribution in [0.2, 0.25) is 5.15 Å². The van der Waals surface area contributed by atoms with Crippen LogP contribution in [0.25, 0.3) is 10.9 Å². The molecule has 60 valence electrons. The number of aryl methyl sites for hydroxylation is 1. The summed E-state index contributed by atoms with van der Waals surface area (Å²) >= 11 is 5.84. The van der Waals surface area contributed by atoms with Gasteiger partial charge in [-0.15, -0.1) is 0 Å². The van der Waals surface area contributed by atoms with Crippen molar-refractivity contribution in [2.45, 2.75) is 6.92 Å². The van der Waals surface area contributed by atoms with Gasteiger partial charge in [-0.1, -0.05) is 11.6 Å². The fourth-order valence-corrected chi connectivity index (χ4v) is 1.35. The van der Waals surface area contributed by atoms with Gasteiger partial charge < -0.3 is 0 Å². The van der Waals surface area contributed by atoms with Crippen molar-refractivity contribution in [2.24, 2.45) is 0 Å². The van der Waals surface area contributed by atoms with E-state index in [1.165, 1.54) is 0 Å². The summed E-state index contributed by atoms with van der Waals surface area (Å²) in [6, 6.07) is 3.94. The monoisotopic (exact) mass is 178 g/mol. The molecule has 0 saturated carbocycles. The van der Waals surface area contributed by atoms with E-state index in [0.29, 0.717) is 5.15 Å². The van der Waals surface area contributed by atoms with E-state index in [9.17, 15) is 0 Å². The molecular weight excluding hydrogens is 172 g/mol. The molecule has 0 saturated heterocycles. The van der Waals surface area contributed by atoms with Gasteiger partial charge in [0.15, 0.2) is 5.15 Å². The van der Waals surface area contributed by atoms with Crippen LogP contribution in [0.15, 0.2) is 24.5 Å². The number of halogens is 1. The maximum atomic E-state index is 5.84. The maximum Gasteiger partial charge on any atom is 0.155 e. The van der Waals surface area contributed by atoms with Gasteiger partial charge in [-0.05, 0) is 24.6 Å². The molecule has 0 spiro atoms. The number of nitrogens with zero attached hydrogens (tertiary/aromatic N) is 2. The Kier molecular flexibility index (Phi) is 1.70. The van der Waals surface area contributed by atoms with Crippen LogP contribution in [-0.4, -0.2) is 9.97 Å². The Hall–Kier alpha value is -1.15. The van der Waals surface area contributed by atoms with Crippen LogP contribution in [0.1, 0.15) is 5.56 Å². The average Bonchev–Trinajstić information content (AvgIpc) is 2.04. The first-order valence-electron chi connectivity index (χ1n) is 3.64. The molecule has 0 aliphatic rings. The summed E-state index contributed by atoms with van der Waals surface area (Å²) in [4.78, 5) is 8.13. The summed E-state index contributed by atoms with van der Waals surface area (Å²) in [7, 11) is 0. The third-order valence-corrected chi connectivity index (χ3v) is 1.97. The van der Waals surface area contributed by atoms with E-state index < -0.39 is 0 Å². The normalized spacial score (nSPS) is 10.5. The van der Waals surface area contributed by atoms with E-state index in [2.05, 4.69) is 9.97 Å². The van der Waals surface area contributed by atoms with Crippen LogP contribution in [0, 0.1) is 6.92 Å². The summed E-state index contributed by atoms with van der Waals surface area (Å²) in [6.45, 7) is 2.00. The van der Waals surface area contributed by atoms with Gasteiger partial charge in [-0.2, -0.15) is 0 Å². The molecule has 0 aliphatic heterocycles. The zero-order chi connectivity index (χ0) is 8.55. The van der Waals surface area contributed by atoms with Gasteiger partial charge in [-0.3, -0.25) is 4.98 Å². The topological polar surface area (TPSA) is 25.8 Å². The molecule has 0 unspecified atom stereocenters. The SMILES string of the molecule is Cc1cnc2c(Cl)nccc2c1. The Morgan fingerprint density at radius 2 is 2.17 bits per heavy atom. The van der Waals surface area contributed by atoms with E-state index in [0.717, 1.165) is 16.5 Å². The lowest BCUT2D eigenvalue weighted by Crippen LogP contribution is -1.83. The van der Waals surface area contributed by atoms with Crippen molar-refractivity contribution in [3.63, 3.8) is 0 Å². The third-order valence-electron chi connectivity index (χ3n) is 1.69. The Morgan fingerprint density at radius 1 is 1.33 bits per heavy atom. The van der Waals surface area contributed by atoms with E-state index >= 15 is 0 Å². The quantitative estimate of drug-likeness (QED) is 0.580. The molecule has 0 atom stereocenters. The van der Waals surface area contributed by atoms with Crippen LogP contribution in [0.5, 0.6) is 0 Å². The molecule has 2 nitrogen and oxygen atoms in total. The minimum Gasteiger partial charge on any atom is -0.253 e. The number of hydrogen-bond donors (Lipinski definition) is 0. The molecule has 0 amide bonds. The van der Waals surface area contributed by atoms with Gasteiger partial charge in [0.05, 0.1) is 0 Å². The molecular formula is C9H7ClN2. The zero-order valence-electron chi connectivity index (χ0n) is 6.58. The predicted molar refractivity (Wildman–Crippen MR) is 49.3 cm³/mol. The third kappa shape index (κ3) is 1.14. The van der Waals surface area contributed by atoms with Gasteiger partial charge in [0.1, 0.15) is 5.52 Å². The standard InChI is InChI=1S/C9H7ClN2/c1-6-4-7-2-3-11-9(10)8(7)12-5-6/h2-5H,1H3. The first kappa shape index (κ1) is 7.50. The van der Waals surface area contributed by atoms with Crippen molar-refractivity contribution < 1.29 is 0 Å². The van der Waals surface area contributed by atoms with Crippen LogP contribution in [0.4, 0.5) is 0 Å². The molecule has 2 heterocycles. The molecule has 0 aliphatic carbocycles. The maximum absolute atomic E-state index is 5.84. The molecule has 0 N–H and O–H groups in total. The molecule has 12 heavy (non-hydrogen) atoms. The van der Waals surface area contributed by atoms with Crippen LogP contribution in [0.3, 0.4) is 0 Å². The van der Waals surface area contributed by atoms with Crippen molar-refractivity contribution in [2.75, 3.05) is 0 Å². The fraction of sp³-hybridized carbons (Fsp3) is 0.111. The largest absolute Gasteiger partial charge is 0.253 e. The Labute approximate surface area is 75.2 Å². The van der Waals surface area contributed by atoms with Gasteiger partial charge in [-0.25, -0.2) is 4.98 Å². The van der Waals surface area contributed by atoms with Crippen molar-refractivity contribution in [1.29, 1.82) is 0 Å². The first-order valence-corrected chi connectivity index (χ1v) is 4.02. The highest BCUT2D eigenvalue weighted by Gasteiger charge is 1.99. The Bertz CT molecular complexity index is 426. The van der Waals surface area contributed by atoms with Crippen LogP contribution >= 0.6 is 11.6 Å². The minimum atomic E-state index is 0.465. The lowest BCUT2D eigenvalue weighted by molar-refractivity contribution is 1.28. The van der Waals surface area contributed by atoms with Gasteiger partial charge >= 0.3 is 0 Å². The average molecular weight is 179 g/mol. The summed E-state index contributed by atoms with van der Waals surface area (Å²) in [5.74, 6) is 0. The smallest absolute Gasteiger partial charge is 0.155 e.